The number of hydrogen-bond donors (Lipinski definition) is 4. The van der Waals surface area contributed by atoms with Crippen molar-refractivity contribution in [1.29, 1.82) is 0 Å². The van der Waals surface area contributed by atoms with Crippen LogP contribution in [0, 0.1) is 6.92 Å². The molecule has 2 rings (SSSR count). The van der Waals surface area contributed by atoms with E-state index in [9.17, 15) is 0 Å². The van der Waals surface area contributed by atoms with Gasteiger partial charge in [-0.15, -0.1) is 0 Å². The van der Waals surface area contributed by atoms with E-state index < -0.39 is 0 Å². The van der Waals surface area contributed by atoms with Gasteiger partial charge in [-0.05, 0) is 41.5 Å². The molecule has 1 aromatic heterocycles. The van der Waals surface area contributed by atoms with Crippen LogP contribution in [0.1, 0.15) is 16.7 Å². The zero-order valence-electron chi connectivity index (χ0n) is 13.2. The minimum Gasteiger partial charge on any atom is -0.404 e. The SMILES string of the molecule is Cc1ccccc1CN=CC(=CN)Cc1cc(N)nc(N)c1N. The van der Waals surface area contributed by atoms with Crippen LogP contribution in [0.2, 0.25) is 0 Å². The lowest BCUT2D eigenvalue weighted by Gasteiger charge is -2.09. The number of anilines is 3. The van der Waals surface area contributed by atoms with Crippen LogP contribution in [-0.2, 0) is 13.0 Å². The summed E-state index contributed by atoms with van der Waals surface area (Å²) in [5.41, 5.74) is 27.5. The maximum Gasteiger partial charge on any atom is 0.149 e. The first-order valence-corrected chi connectivity index (χ1v) is 7.26. The molecule has 0 saturated heterocycles. The van der Waals surface area contributed by atoms with Gasteiger partial charge in [-0.3, -0.25) is 4.99 Å². The molecule has 2 aromatic rings. The van der Waals surface area contributed by atoms with Crippen LogP contribution in [0.25, 0.3) is 0 Å². The fourth-order valence-corrected chi connectivity index (χ4v) is 2.21. The molecule has 0 amide bonds. The Morgan fingerprint density at radius 1 is 1.17 bits per heavy atom. The third kappa shape index (κ3) is 4.23. The molecule has 0 unspecified atom stereocenters. The van der Waals surface area contributed by atoms with Crippen LogP contribution < -0.4 is 22.9 Å². The number of aryl methyl sites for hydroxylation is 1. The monoisotopic (exact) mass is 310 g/mol. The number of aliphatic imine (C=N–C) groups is 1. The van der Waals surface area contributed by atoms with Gasteiger partial charge >= 0.3 is 0 Å². The molecule has 1 aromatic carbocycles. The van der Waals surface area contributed by atoms with Crippen molar-refractivity contribution < 1.29 is 0 Å². The number of nitrogen functional groups attached to an aromatic ring is 3. The second-order valence-corrected chi connectivity index (χ2v) is 5.32. The van der Waals surface area contributed by atoms with Crippen LogP contribution in [0.15, 0.2) is 47.1 Å². The van der Waals surface area contributed by atoms with E-state index in [2.05, 4.69) is 29.0 Å². The Balaban J connectivity index is 2.10. The summed E-state index contributed by atoms with van der Waals surface area (Å²) in [7, 11) is 0. The summed E-state index contributed by atoms with van der Waals surface area (Å²) in [6.07, 6.45) is 3.75. The summed E-state index contributed by atoms with van der Waals surface area (Å²) >= 11 is 0. The first kappa shape index (κ1) is 16.4. The number of hydrogen-bond acceptors (Lipinski definition) is 6. The summed E-state index contributed by atoms with van der Waals surface area (Å²) < 4.78 is 0. The van der Waals surface area contributed by atoms with Gasteiger partial charge in [0.25, 0.3) is 0 Å². The number of nitrogens with zero attached hydrogens (tertiary/aromatic N) is 2. The Hall–Kier alpha value is -3.02. The highest BCUT2D eigenvalue weighted by molar-refractivity contribution is 5.80. The topological polar surface area (TPSA) is 129 Å². The average molecular weight is 310 g/mol. The van der Waals surface area contributed by atoms with Gasteiger partial charge < -0.3 is 22.9 Å². The van der Waals surface area contributed by atoms with E-state index >= 15 is 0 Å². The number of rotatable bonds is 5. The zero-order valence-corrected chi connectivity index (χ0v) is 13.2. The quantitative estimate of drug-likeness (QED) is 0.626. The summed E-state index contributed by atoms with van der Waals surface area (Å²) in [6, 6.07) is 9.83. The minimum atomic E-state index is 0.230. The van der Waals surface area contributed by atoms with Crippen molar-refractivity contribution in [2.45, 2.75) is 19.9 Å². The Morgan fingerprint density at radius 2 is 1.91 bits per heavy atom. The molecule has 0 aliphatic carbocycles. The molecule has 0 fully saturated rings. The normalized spacial score (nSPS) is 12.0. The van der Waals surface area contributed by atoms with Crippen LogP contribution in [0.4, 0.5) is 17.3 Å². The van der Waals surface area contributed by atoms with E-state index in [1.165, 1.54) is 17.3 Å². The maximum atomic E-state index is 5.94. The van der Waals surface area contributed by atoms with Crippen molar-refractivity contribution in [3.63, 3.8) is 0 Å². The Kier molecular flexibility index (Phi) is 5.19. The van der Waals surface area contributed by atoms with E-state index in [1.807, 2.05) is 12.1 Å². The summed E-state index contributed by atoms with van der Waals surface area (Å²) in [5.74, 6) is 0.563. The third-order valence-corrected chi connectivity index (χ3v) is 3.58. The van der Waals surface area contributed by atoms with Gasteiger partial charge in [-0.1, -0.05) is 24.3 Å². The fourth-order valence-electron chi connectivity index (χ4n) is 2.21. The van der Waals surface area contributed by atoms with Gasteiger partial charge in [0.1, 0.15) is 11.6 Å². The number of aromatic nitrogens is 1. The third-order valence-electron chi connectivity index (χ3n) is 3.58. The fraction of sp³-hybridized carbons (Fsp3) is 0.176. The van der Waals surface area contributed by atoms with Crippen molar-refractivity contribution in [2.75, 3.05) is 17.2 Å². The molecule has 1 heterocycles. The van der Waals surface area contributed by atoms with E-state index in [-0.39, 0.29) is 5.82 Å². The van der Waals surface area contributed by atoms with Gasteiger partial charge in [0.2, 0.25) is 0 Å². The van der Waals surface area contributed by atoms with Crippen LogP contribution in [-0.4, -0.2) is 11.2 Å². The molecule has 8 N–H and O–H groups in total. The molecule has 23 heavy (non-hydrogen) atoms. The molecule has 0 bridgehead atoms. The second kappa shape index (κ2) is 7.31. The largest absolute Gasteiger partial charge is 0.404 e. The first-order chi connectivity index (χ1) is 11.0. The molecule has 0 atom stereocenters. The van der Waals surface area contributed by atoms with Gasteiger partial charge in [0.05, 0.1) is 12.2 Å². The van der Waals surface area contributed by atoms with E-state index in [4.69, 9.17) is 22.9 Å². The van der Waals surface area contributed by atoms with Crippen LogP contribution in [0.5, 0.6) is 0 Å². The Bertz CT molecular complexity index is 749. The minimum absolute atomic E-state index is 0.230. The zero-order chi connectivity index (χ0) is 16.8. The molecule has 0 radical (unpaired) electrons. The van der Waals surface area contributed by atoms with Crippen molar-refractivity contribution in [3.8, 4) is 0 Å². The standard InChI is InChI=1S/C17H22N6/c1-11-4-2-3-5-13(11)10-22-9-12(8-18)6-14-7-15(19)23-17(21)16(14)20/h2-5,7-9H,6,10,18,20H2,1H3,(H4,19,21,23). The molecular formula is C17H22N6. The maximum absolute atomic E-state index is 5.94. The lowest BCUT2D eigenvalue weighted by molar-refractivity contribution is 1.05. The average Bonchev–Trinajstić information content (AvgIpc) is 2.52. The molecule has 6 nitrogen and oxygen atoms in total. The van der Waals surface area contributed by atoms with E-state index in [1.54, 1.807) is 12.3 Å². The van der Waals surface area contributed by atoms with Gasteiger partial charge in [-0.25, -0.2) is 4.98 Å². The van der Waals surface area contributed by atoms with Crippen molar-refractivity contribution in [3.05, 3.63) is 58.8 Å². The summed E-state index contributed by atoms with van der Waals surface area (Å²) in [5, 5.41) is 0. The first-order valence-electron chi connectivity index (χ1n) is 7.26. The van der Waals surface area contributed by atoms with Gasteiger partial charge in [-0.2, -0.15) is 0 Å². The Labute approximate surface area is 135 Å². The molecule has 6 heteroatoms. The van der Waals surface area contributed by atoms with Crippen molar-refractivity contribution >= 4 is 23.5 Å². The van der Waals surface area contributed by atoms with Crippen LogP contribution in [0.3, 0.4) is 0 Å². The summed E-state index contributed by atoms with van der Waals surface area (Å²) in [4.78, 5) is 8.38. The van der Waals surface area contributed by atoms with Gasteiger partial charge in [0.15, 0.2) is 0 Å². The molecule has 0 aliphatic rings. The molecule has 0 aliphatic heterocycles. The number of nitrogens with two attached hydrogens (primary N) is 4. The molecular weight excluding hydrogens is 288 g/mol. The highest BCUT2D eigenvalue weighted by Crippen LogP contribution is 2.22. The smallest absolute Gasteiger partial charge is 0.149 e. The highest BCUT2D eigenvalue weighted by Gasteiger charge is 2.07. The Morgan fingerprint density at radius 3 is 2.61 bits per heavy atom. The van der Waals surface area contributed by atoms with Crippen molar-refractivity contribution in [1.82, 2.24) is 4.98 Å². The van der Waals surface area contributed by atoms with Gasteiger partial charge in [0, 0.05) is 12.6 Å². The lowest BCUT2D eigenvalue weighted by atomic mass is 10.1. The summed E-state index contributed by atoms with van der Waals surface area (Å²) in [6.45, 7) is 2.66. The predicted octanol–water partition coefficient (Wildman–Crippen LogP) is 1.79. The second-order valence-electron chi connectivity index (χ2n) is 5.32. The molecule has 0 spiro atoms. The number of pyridine rings is 1. The lowest BCUT2D eigenvalue weighted by Crippen LogP contribution is -2.07. The number of allylic oxidation sites excluding steroid dienone is 1. The number of benzene rings is 1. The molecule has 120 valence electrons. The van der Waals surface area contributed by atoms with Crippen molar-refractivity contribution in [2.24, 2.45) is 10.7 Å². The predicted molar refractivity (Wildman–Crippen MR) is 96.8 cm³/mol. The van der Waals surface area contributed by atoms with E-state index in [0.717, 1.165) is 11.1 Å². The highest BCUT2D eigenvalue weighted by atomic mass is 14.9. The molecule has 0 saturated carbocycles. The van der Waals surface area contributed by atoms with Crippen LogP contribution >= 0.6 is 0 Å². The van der Waals surface area contributed by atoms with E-state index in [0.29, 0.717) is 24.5 Å².